The molecule has 0 saturated carbocycles. The van der Waals surface area contributed by atoms with Crippen molar-refractivity contribution in [1.82, 2.24) is 15.1 Å². The molecule has 26 heavy (non-hydrogen) atoms. The minimum absolute atomic E-state index is 0.0212. The third-order valence-electron chi connectivity index (χ3n) is 4.53. The molecule has 2 fully saturated rings. The molecule has 2 aliphatic rings. The van der Waals surface area contributed by atoms with E-state index in [9.17, 15) is 19.2 Å². The molecule has 1 aromatic rings. The summed E-state index contributed by atoms with van der Waals surface area (Å²) in [6.07, 6.45) is 1.79. The average Bonchev–Trinajstić information content (AvgIpc) is 3.29. The van der Waals surface area contributed by atoms with Gasteiger partial charge < -0.3 is 15.0 Å². The Bertz CT molecular complexity index is 731. The lowest BCUT2D eigenvalue weighted by Crippen LogP contribution is -2.41. The molecule has 3 rings (SSSR count). The number of urea groups is 1. The number of hydrogen-bond donors (Lipinski definition) is 1. The van der Waals surface area contributed by atoms with E-state index in [1.54, 1.807) is 30.1 Å². The van der Waals surface area contributed by atoms with E-state index in [0.717, 1.165) is 22.6 Å². The lowest BCUT2D eigenvalue weighted by molar-refractivity contribution is -0.154. The fraction of sp³-hybridized carbons (Fsp3) is 0.529. The zero-order chi connectivity index (χ0) is 18.9. The van der Waals surface area contributed by atoms with E-state index < -0.39 is 36.6 Å². The second-order valence-electron chi connectivity index (χ2n) is 6.87. The number of thiophene rings is 1. The maximum Gasteiger partial charge on any atom is 0.326 e. The average molecular weight is 379 g/mol. The summed E-state index contributed by atoms with van der Waals surface area (Å²) in [6.45, 7) is 2.84. The monoisotopic (exact) mass is 379 g/mol. The van der Waals surface area contributed by atoms with Gasteiger partial charge in [0.25, 0.3) is 11.8 Å². The summed E-state index contributed by atoms with van der Waals surface area (Å²) in [6, 6.07) is 3.32. The minimum atomic E-state index is -1.04. The van der Waals surface area contributed by atoms with Gasteiger partial charge in [0.15, 0.2) is 6.61 Å². The maximum atomic E-state index is 12.4. The Morgan fingerprint density at radius 1 is 1.38 bits per heavy atom. The summed E-state index contributed by atoms with van der Waals surface area (Å²) in [5.74, 6) is -1.55. The predicted octanol–water partition coefficient (Wildman–Crippen LogP) is 1.29. The molecule has 1 N–H and O–H groups in total. The van der Waals surface area contributed by atoms with Crippen molar-refractivity contribution in [2.24, 2.45) is 0 Å². The van der Waals surface area contributed by atoms with Crippen LogP contribution >= 0.6 is 11.3 Å². The normalized spacial score (nSPS) is 21.8. The first-order chi connectivity index (χ1) is 12.3. The van der Waals surface area contributed by atoms with Gasteiger partial charge >= 0.3 is 12.0 Å². The van der Waals surface area contributed by atoms with Crippen molar-refractivity contribution in [1.29, 1.82) is 0 Å². The molecule has 0 aliphatic carbocycles. The summed E-state index contributed by atoms with van der Waals surface area (Å²) in [7, 11) is 0. The molecule has 9 heteroatoms. The molecule has 0 bridgehead atoms. The first-order valence-corrected chi connectivity index (χ1v) is 9.30. The van der Waals surface area contributed by atoms with E-state index in [1.807, 2.05) is 17.5 Å². The molecule has 0 spiro atoms. The van der Waals surface area contributed by atoms with Crippen molar-refractivity contribution >= 4 is 35.2 Å². The van der Waals surface area contributed by atoms with Crippen molar-refractivity contribution < 1.29 is 23.9 Å². The van der Waals surface area contributed by atoms with Crippen LogP contribution in [0.5, 0.6) is 0 Å². The van der Waals surface area contributed by atoms with Gasteiger partial charge in [0.05, 0.1) is 6.04 Å². The number of esters is 1. The number of ether oxygens (including phenoxy) is 1. The first kappa shape index (κ1) is 18.4. The topological polar surface area (TPSA) is 96.0 Å². The number of hydrogen-bond acceptors (Lipinski definition) is 6. The predicted molar refractivity (Wildman–Crippen MR) is 93.3 cm³/mol. The lowest BCUT2D eigenvalue weighted by atomic mass is 10.1. The van der Waals surface area contributed by atoms with Crippen LogP contribution in [-0.2, 0) is 19.1 Å². The van der Waals surface area contributed by atoms with Gasteiger partial charge in [-0.2, -0.15) is 0 Å². The van der Waals surface area contributed by atoms with Crippen LogP contribution < -0.4 is 5.32 Å². The number of amides is 4. The van der Waals surface area contributed by atoms with Gasteiger partial charge in [-0.3, -0.25) is 19.3 Å². The van der Waals surface area contributed by atoms with Gasteiger partial charge in [-0.1, -0.05) is 6.07 Å². The standard InChI is InChI=1S/C17H21N3O5S/c1-17(2)15(23)20(16(24)18-17)9-14(22)25-10-13(21)19-7-3-5-11(19)12-6-4-8-26-12/h4,6,8,11H,3,5,7,9-10H2,1-2H3,(H,18,24)/t11-/m1/s1. The largest absolute Gasteiger partial charge is 0.454 e. The van der Waals surface area contributed by atoms with Crippen molar-refractivity contribution in [2.45, 2.75) is 38.3 Å². The van der Waals surface area contributed by atoms with Crippen LogP contribution in [0.2, 0.25) is 0 Å². The van der Waals surface area contributed by atoms with Gasteiger partial charge in [0.2, 0.25) is 0 Å². The summed E-state index contributed by atoms with van der Waals surface area (Å²) >= 11 is 1.60. The number of carbonyl (C=O) groups excluding carboxylic acids is 4. The number of rotatable bonds is 5. The number of nitrogens with zero attached hydrogens (tertiary/aromatic N) is 2. The van der Waals surface area contributed by atoms with E-state index in [0.29, 0.717) is 6.54 Å². The van der Waals surface area contributed by atoms with Crippen molar-refractivity contribution in [3.63, 3.8) is 0 Å². The second kappa shape index (κ2) is 7.06. The molecule has 140 valence electrons. The highest BCUT2D eigenvalue weighted by atomic mass is 32.1. The van der Waals surface area contributed by atoms with Crippen LogP contribution in [0, 0.1) is 0 Å². The van der Waals surface area contributed by atoms with Gasteiger partial charge in [-0.25, -0.2) is 4.79 Å². The zero-order valence-electron chi connectivity index (χ0n) is 14.7. The van der Waals surface area contributed by atoms with Crippen LogP contribution in [0.25, 0.3) is 0 Å². The number of carbonyl (C=O) groups is 4. The Kier molecular flexibility index (Phi) is 4.99. The second-order valence-corrected chi connectivity index (χ2v) is 7.85. The summed E-state index contributed by atoms with van der Waals surface area (Å²) in [5, 5.41) is 4.45. The molecule has 0 radical (unpaired) electrons. The van der Waals surface area contributed by atoms with Crippen LogP contribution in [-0.4, -0.2) is 58.8 Å². The number of likely N-dealkylation sites (tertiary alicyclic amines) is 1. The highest BCUT2D eigenvalue weighted by molar-refractivity contribution is 7.10. The highest BCUT2D eigenvalue weighted by Gasteiger charge is 2.45. The van der Waals surface area contributed by atoms with Crippen LogP contribution in [0.3, 0.4) is 0 Å². The zero-order valence-corrected chi connectivity index (χ0v) is 15.5. The Morgan fingerprint density at radius 2 is 2.15 bits per heavy atom. The third kappa shape index (κ3) is 3.57. The van der Waals surface area contributed by atoms with Gasteiger partial charge in [-0.05, 0) is 38.1 Å². The van der Waals surface area contributed by atoms with Crippen LogP contribution in [0.1, 0.15) is 37.6 Å². The first-order valence-electron chi connectivity index (χ1n) is 8.42. The Balaban J connectivity index is 1.52. The Hall–Kier alpha value is -2.42. The molecule has 3 heterocycles. The van der Waals surface area contributed by atoms with Crippen LogP contribution in [0.15, 0.2) is 17.5 Å². The van der Waals surface area contributed by atoms with Crippen LogP contribution in [0.4, 0.5) is 4.79 Å². The molecular formula is C17H21N3O5S. The van der Waals surface area contributed by atoms with E-state index in [2.05, 4.69) is 5.32 Å². The van der Waals surface area contributed by atoms with Gasteiger partial charge in [0.1, 0.15) is 12.1 Å². The molecule has 1 aromatic heterocycles. The lowest BCUT2D eigenvalue weighted by Gasteiger charge is -2.23. The van der Waals surface area contributed by atoms with E-state index >= 15 is 0 Å². The summed E-state index contributed by atoms with van der Waals surface area (Å²) in [4.78, 5) is 51.8. The van der Waals surface area contributed by atoms with Gasteiger partial charge in [-0.15, -0.1) is 11.3 Å². The SMILES string of the molecule is CC1(C)NC(=O)N(CC(=O)OCC(=O)N2CCC[C@@H]2c2cccs2)C1=O. The highest BCUT2D eigenvalue weighted by Crippen LogP contribution is 2.34. The molecule has 4 amide bonds. The molecule has 8 nitrogen and oxygen atoms in total. The molecule has 2 saturated heterocycles. The molecule has 1 atom stereocenters. The van der Waals surface area contributed by atoms with E-state index in [1.165, 1.54) is 0 Å². The number of imide groups is 1. The fourth-order valence-electron chi connectivity index (χ4n) is 3.20. The fourth-order valence-corrected chi connectivity index (χ4v) is 4.08. The molecule has 0 aromatic carbocycles. The van der Waals surface area contributed by atoms with Crippen molar-refractivity contribution in [3.8, 4) is 0 Å². The Labute approximate surface area is 155 Å². The molecule has 2 aliphatic heterocycles. The maximum absolute atomic E-state index is 12.4. The van der Waals surface area contributed by atoms with E-state index in [4.69, 9.17) is 4.74 Å². The minimum Gasteiger partial charge on any atom is -0.454 e. The van der Waals surface area contributed by atoms with Crippen molar-refractivity contribution in [3.05, 3.63) is 22.4 Å². The Morgan fingerprint density at radius 3 is 2.77 bits per heavy atom. The molecular weight excluding hydrogens is 358 g/mol. The quantitative estimate of drug-likeness (QED) is 0.614. The number of nitrogens with one attached hydrogen (secondary N) is 1. The van der Waals surface area contributed by atoms with Crippen molar-refractivity contribution in [2.75, 3.05) is 19.7 Å². The van der Waals surface area contributed by atoms with Gasteiger partial charge in [0, 0.05) is 11.4 Å². The summed E-state index contributed by atoms with van der Waals surface area (Å²) < 4.78 is 5.01. The third-order valence-corrected chi connectivity index (χ3v) is 5.51. The smallest absolute Gasteiger partial charge is 0.326 e. The van der Waals surface area contributed by atoms with E-state index in [-0.39, 0.29) is 11.9 Å². The summed E-state index contributed by atoms with van der Waals surface area (Å²) in [5.41, 5.74) is -1.04. The molecule has 0 unspecified atom stereocenters.